The first kappa shape index (κ1) is 17.1. The molecule has 0 aliphatic carbocycles. The monoisotopic (exact) mass is 366 g/mol. The maximum atomic E-state index is 2.43. The van der Waals surface area contributed by atoms with Gasteiger partial charge in [0.25, 0.3) is 0 Å². The van der Waals surface area contributed by atoms with Crippen LogP contribution in [0.4, 0.5) is 0 Å². The van der Waals surface area contributed by atoms with E-state index < -0.39 is 0 Å². The second-order valence-corrected chi connectivity index (χ2v) is 7.36. The van der Waals surface area contributed by atoms with Crippen LogP contribution in [0.25, 0.3) is 0 Å². The van der Waals surface area contributed by atoms with Gasteiger partial charge >= 0.3 is 133 Å². The van der Waals surface area contributed by atoms with Crippen LogP contribution in [0.2, 0.25) is 0 Å². The van der Waals surface area contributed by atoms with E-state index in [2.05, 4.69) is 32.9 Å². The Balaban J connectivity index is 3.00. The Bertz CT molecular complexity index is 368. The summed E-state index contributed by atoms with van der Waals surface area (Å²) in [6.07, 6.45) is 11.9. The Morgan fingerprint density at radius 3 is 1.84 bits per heavy atom. The molecular formula is C18H30Sn. The summed E-state index contributed by atoms with van der Waals surface area (Å²) in [5.41, 5.74) is 5.11. The van der Waals surface area contributed by atoms with Gasteiger partial charge in [0.1, 0.15) is 0 Å². The van der Waals surface area contributed by atoms with Gasteiger partial charge in [-0.15, -0.1) is 0 Å². The van der Waals surface area contributed by atoms with Gasteiger partial charge in [-0.25, -0.2) is 0 Å². The van der Waals surface area contributed by atoms with Crippen LogP contribution < -0.4 is 3.58 Å². The van der Waals surface area contributed by atoms with Crippen molar-refractivity contribution in [3.8, 4) is 0 Å². The zero-order chi connectivity index (χ0) is 14.1. The van der Waals surface area contributed by atoms with Crippen molar-refractivity contribution < 1.29 is 0 Å². The molecule has 0 N–H and O–H groups in total. The topological polar surface area (TPSA) is 0 Å². The molecule has 0 atom stereocenters. The van der Waals surface area contributed by atoms with Crippen molar-refractivity contribution in [1.29, 1.82) is 0 Å². The molecule has 2 radical (unpaired) electrons. The molecule has 1 aromatic carbocycles. The Labute approximate surface area is 133 Å². The van der Waals surface area contributed by atoms with E-state index in [0.29, 0.717) is 0 Å². The van der Waals surface area contributed by atoms with Crippen molar-refractivity contribution in [2.75, 3.05) is 0 Å². The first-order valence-corrected chi connectivity index (χ1v) is 9.78. The predicted octanol–water partition coefficient (Wildman–Crippen LogP) is 4.24. The van der Waals surface area contributed by atoms with Gasteiger partial charge in [0.2, 0.25) is 0 Å². The zero-order valence-corrected chi connectivity index (χ0v) is 16.4. The van der Waals surface area contributed by atoms with Crippen LogP contribution >= 0.6 is 0 Å². The number of hydrogen-bond acceptors (Lipinski definition) is 0. The van der Waals surface area contributed by atoms with Crippen LogP contribution in [0.15, 0.2) is 12.1 Å². The molecule has 0 heterocycles. The van der Waals surface area contributed by atoms with E-state index in [1.165, 1.54) is 80.3 Å². The fourth-order valence-corrected chi connectivity index (χ4v) is 3.86. The van der Waals surface area contributed by atoms with Crippen LogP contribution in [0.3, 0.4) is 0 Å². The quantitative estimate of drug-likeness (QED) is 0.575. The van der Waals surface area contributed by atoms with E-state index >= 15 is 0 Å². The van der Waals surface area contributed by atoms with Crippen molar-refractivity contribution in [2.45, 2.75) is 78.6 Å². The second-order valence-electron chi connectivity index (χ2n) is 5.58. The van der Waals surface area contributed by atoms with E-state index in [9.17, 15) is 0 Å². The summed E-state index contributed by atoms with van der Waals surface area (Å²) in [4.78, 5) is 0. The molecule has 106 valence electrons. The zero-order valence-electron chi connectivity index (χ0n) is 13.1. The van der Waals surface area contributed by atoms with E-state index in [0.717, 1.165) is 0 Å². The molecule has 1 rings (SSSR count). The third-order valence-corrected chi connectivity index (χ3v) is 5.47. The third-order valence-electron chi connectivity index (χ3n) is 3.92. The number of rotatable bonds is 9. The molecule has 0 spiro atoms. The van der Waals surface area contributed by atoms with Crippen LogP contribution in [0.1, 0.15) is 76.0 Å². The average Bonchev–Trinajstić information content (AvgIpc) is 2.42. The van der Waals surface area contributed by atoms with Crippen LogP contribution in [0.5, 0.6) is 0 Å². The Morgan fingerprint density at radius 2 is 1.26 bits per heavy atom. The molecule has 1 heteroatoms. The molecule has 0 nitrogen and oxygen atoms in total. The SMILES string of the molecule is CCCCc1cc[c]([SnH])c(CCCC)c1CCCC. The summed E-state index contributed by atoms with van der Waals surface area (Å²) in [5, 5.41) is 0. The minimum absolute atomic E-state index is 1.27. The molecule has 1 aromatic rings. The van der Waals surface area contributed by atoms with Gasteiger partial charge in [0.05, 0.1) is 0 Å². The average molecular weight is 365 g/mol. The predicted molar refractivity (Wildman–Crippen MR) is 89.1 cm³/mol. The summed E-state index contributed by atoms with van der Waals surface area (Å²) < 4.78 is 1.64. The molecule has 0 saturated heterocycles. The summed E-state index contributed by atoms with van der Waals surface area (Å²) in [5.74, 6) is 0. The molecule has 19 heavy (non-hydrogen) atoms. The number of benzene rings is 1. The fourth-order valence-electron chi connectivity index (χ4n) is 2.67. The van der Waals surface area contributed by atoms with Crippen molar-refractivity contribution in [3.63, 3.8) is 0 Å². The second kappa shape index (κ2) is 9.85. The van der Waals surface area contributed by atoms with Gasteiger partial charge in [-0.3, -0.25) is 0 Å². The molecule has 0 bridgehead atoms. The minimum atomic E-state index is 1.27. The van der Waals surface area contributed by atoms with Crippen molar-refractivity contribution in [2.24, 2.45) is 0 Å². The van der Waals surface area contributed by atoms with Gasteiger partial charge < -0.3 is 0 Å². The fraction of sp³-hybridized carbons (Fsp3) is 0.667. The normalized spacial score (nSPS) is 10.9. The number of unbranched alkanes of at least 4 members (excludes halogenated alkanes) is 3. The Kier molecular flexibility index (Phi) is 8.85. The molecule has 0 aliphatic rings. The first-order valence-electron chi connectivity index (χ1n) is 8.13. The van der Waals surface area contributed by atoms with Crippen molar-refractivity contribution >= 4 is 26.1 Å². The summed E-state index contributed by atoms with van der Waals surface area (Å²) in [6, 6.07) is 4.84. The molecule has 0 unspecified atom stereocenters. The van der Waals surface area contributed by atoms with Gasteiger partial charge in [0, 0.05) is 0 Å². The molecule has 0 fully saturated rings. The van der Waals surface area contributed by atoms with Gasteiger partial charge in [0.15, 0.2) is 0 Å². The standard InChI is InChI=1S/C18H29.Sn.H/c1-4-7-11-16-13-10-14-17(12-8-5-2)18(16)15-9-6-3;;/h10,13H,4-9,11-12,15H2,1-3H3;;. The van der Waals surface area contributed by atoms with E-state index in [4.69, 9.17) is 0 Å². The molecule has 0 saturated carbocycles. The summed E-state index contributed by atoms with van der Waals surface area (Å²) in [6.45, 7) is 6.91. The van der Waals surface area contributed by atoms with E-state index in [1.807, 2.05) is 0 Å². The van der Waals surface area contributed by atoms with E-state index in [-0.39, 0.29) is 0 Å². The number of aryl methyl sites for hydroxylation is 1. The van der Waals surface area contributed by atoms with E-state index in [1.54, 1.807) is 20.3 Å². The number of hydrogen-bond donors (Lipinski definition) is 0. The molecule has 0 aromatic heterocycles. The van der Waals surface area contributed by atoms with Crippen LogP contribution in [-0.2, 0) is 19.3 Å². The molecule has 0 aliphatic heterocycles. The molecular weight excluding hydrogens is 335 g/mol. The van der Waals surface area contributed by atoms with Crippen molar-refractivity contribution in [3.05, 3.63) is 28.8 Å². The summed E-state index contributed by atoms with van der Waals surface area (Å²) in [7, 11) is 0. The maximum absolute atomic E-state index is 2.43. The van der Waals surface area contributed by atoms with Crippen LogP contribution in [-0.4, -0.2) is 22.5 Å². The van der Waals surface area contributed by atoms with Crippen molar-refractivity contribution in [1.82, 2.24) is 0 Å². The third kappa shape index (κ3) is 5.49. The van der Waals surface area contributed by atoms with Gasteiger partial charge in [-0.2, -0.15) is 0 Å². The van der Waals surface area contributed by atoms with Crippen LogP contribution in [0, 0.1) is 0 Å². The Hall–Kier alpha value is 0.0187. The first-order chi connectivity index (χ1) is 9.24. The van der Waals surface area contributed by atoms with Gasteiger partial charge in [-0.1, -0.05) is 0 Å². The van der Waals surface area contributed by atoms with Gasteiger partial charge in [-0.05, 0) is 0 Å². The summed E-state index contributed by atoms with van der Waals surface area (Å²) >= 11 is 1.27. The Morgan fingerprint density at radius 1 is 0.737 bits per heavy atom. The molecule has 0 amide bonds.